The van der Waals surface area contributed by atoms with Crippen LogP contribution in [0.15, 0.2) is 0 Å². The van der Waals surface area contributed by atoms with Crippen molar-refractivity contribution in [1.29, 1.82) is 0 Å². The van der Waals surface area contributed by atoms with Gasteiger partial charge in [0.05, 0.1) is 38.6 Å². The number of hydrogen-bond donors (Lipinski definition) is 18. The first-order valence-corrected chi connectivity index (χ1v) is 21.8. The normalized spacial score (nSPS) is 52.6. The largest absolute Gasteiger partial charge is 0.394 e. The van der Waals surface area contributed by atoms with Crippen molar-refractivity contribution in [3.05, 3.63) is 0 Å². The predicted molar refractivity (Wildman–Crippen MR) is 208 cm³/mol. The van der Waals surface area contributed by atoms with E-state index in [0.29, 0.717) is 0 Å². The van der Waals surface area contributed by atoms with Crippen molar-refractivity contribution in [3.63, 3.8) is 0 Å². The quantitative estimate of drug-likeness (QED) is 0.0724. The van der Waals surface area contributed by atoms with Gasteiger partial charge in [-0.25, -0.2) is 0 Å². The first-order chi connectivity index (χ1) is 32.1. The van der Waals surface area contributed by atoms with Gasteiger partial charge in [0.15, 0.2) is 37.7 Å². The van der Waals surface area contributed by atoms with Crippen molar-refractivity contribution in [3.8, 4) is 0 Å². The first-order valence-electron chi connectivity index (χ1n) is 21.8. The summed E-state index contributed by atoms with van der Waals surface area (Å²) in [4.78, 5) is 12.9. The Morgan fingerprint density at radius 3 is 1.24 bits per heavy atom. The Balaban J connectivity index is 1.33. The minimum Gasteiger partial charge on any atom is -0.394 e. The Hall–Kier alpha value is -1.65. The molecule has 30 heteroatoms. The van der Waals surface area contributed by atoms with Crippen LogP contribution in [0.2, 0.25) is 0 Å². The summed E-state index contributed by atoms with van der Waals surface area (Å²) in [6.45, 7) is -0.333. The van der Waals surface area contributed by atoms with Gasteiger partial charge < -0.3 is 144 Å². The fourth-order valence-corrected chi connectivity index (χ4v) is 8.79. The molecule has 0 aliphatic carbocycles. The molecule has 6 aliphatic rings. The zero-order valence-electron chi connectivity index (χ0n) is 36.7. The van der Waals surface area contributed by atoms with Gasteiger partial charge in [-0.2, -0.15) is 0 Å². The number of aliphatic hydroxyl groups excluding tert-OH is 17. The molecule has 0 aromatic carbocycles. The van der Waals surface area contributed by atoms with E-state index in [1.807, 2.05) is 0 Å². The molecule has 0 bridgehead atoms. The van der Waals surface area contributed by atoms with Crippen molar-refractivity contribution in [2.24, 2.45) is 0 Å². The van der Waals surface area contributed by atoms with E-state index in [-0.39, 0.29) is 0 Å². The number of aliphatic hydroxyl groups is 17. The van der Waals surface area contributed by atoms with E-state index in [9.17, 15) is 91.6 Å². The summed E-state index contributed by atoms with van der Waals surface area (Å²) >= 11 is 0. The molecular weight excluding hydrogens is 934 g/mol. The van der Waals surface area contributed by atoms with Gasteiger partial charge >= 0.3 is 0 Å². The van der Waals surface area contributed by atoms with Crippen LogP contribution in [0.25, 0.3) is 0 Å². The highest BCUT2D eigenvalue weighted by atomic mass is 16.8. The van der Waals surface area contributed by atoms with Crippen molar-refractivity contribution >= 4 is 5.91 Å². The molecule has 0 spiro atoms. The maximum Gasteiger partial charge on any atom is 0.217 e. The zero-order valence-corrected chi connectivity index (χ0v) is 36.7. The maximum absolute atomic E-state index is 12.9. The number of ether oxygens (including phenoxy) is 11. The van der Waals surface area contributed by atoms with Crippen molar-refractivity contribution in [1.82, 2.24) is 5.32 Å². The average molecular weight is 1000 g/mol. The fraction of sp³-hybridized carbons (Fsp3) is 0.974. The van der Waals surface area contributed by atoms with E-state index in [4.69, 9.17) is 52.1 Å². The summed E-state index contributed by atoms with van der Waals surface area (Å²) in [6.07, 6.45) is -53.6. The summed E-state index contributed by atoms with van der Waals surface area (Å²) in [5.41, 5.74) is 0. The maximum atomic E-state index is 12.9. The lowest BCUT2D eigenvalue weighted by atomic mass is 9.93. The molecule has 0 unspecified atom stereocenters. The third-order valence-electron chi connectivity index (χ3n) is 12.8. The second-order valence-electron chi connectivity index (χ2n) is 17.5. The second-order valence-corrected chi connectivity index (χ2v) is 17.5. The van der Waals surface area contributed by atoms with Crippen LogP contribution in [-0.4, -0.2) is 303 Å². The molecule has 396 valence electrons. The average Bonchev–Trinajstić information content (AvgIpc) is 3.31. The number of hydrogen-bond acceptors (Lipinski definition) is 29. The van der Waals surface area contributed by atoms with E-state index in [2.05, 4.69) is 5.32 Å². The predicted octanol–water partition coefficient (Wildman–Crippen LogP) is -11.9. The van der Waals surface area contributed by atoms with Gasteiger partial charge in [-0.05, 0) is 13.8 Å². The van der Waals surface area contributed by atoms with Crippen LogP contribution in [0, 0.1) is 0 Å². The molecule has 6 aliphatic heterocycles. The van der Waals surface area contributed by atoms with Gasteiger partial charge in [0.1, 0.15) is 134 Å². The lowest BCUT2D eigenvalue weighted by Crippen LogP contribution is -2.71. The Labute approximate surface area is 386 Å². The summed E-state index contributed by atoms with van der Waals surface area (Å²) in [6, 6.07) is -1.81. The molecule has 6 rings (SSSR count). The molecule has 30 atom stereocenters. The summed E-state index contributed by atoms with van der Waals surface area (Å²) in [7, 11) is 0. The Kier molecular flexibility index (Phi) is 19.2. The molecule has 0 aromatic rings. The smallest absolute Gasteiger partial charge is 0.217 e. The number of carbonyl (C=O) groups excluding carboxylic acids is 1. The molecule has 30 nitrogen and oxygen atoms in total. The van der Waals surface area contributed by atoms with E-state index >= 15 is 0 Å². The third-order valence-corrected chi connectivity index (χ3v) is 12.8. The number of amides is 1. The molecular formula is C38H65NO29. The van der Waals surface area contributed by atoms with Crippen molar-refractivity contribution < 1.29 is 144 Å². The van der Waals surface area contributed by atoms with Gasteiger partial charge in [0, 0.05) is 6.92 Å². The summed E-state index contributed by atoms with van der Waals surface area (Å²) < 4.78 is 63.6. The van der Waals surface area contributed by atoms with Crippen molar-refractivity contribution in [2.45, 2.75) is 205 Å². The van der Waals surface area contributed by atoms with Crippen molar-refractivity contribution in [2.75, 3.05) is 26.4 Å². The molecule has 0 radical (unpaired) electrons. The Morgan fingerprint density at radius 2 is 0.750 bits per heavy atom. The van der Waals surface area contributed by atoms with Gasteiger partial charge in [0.25, 0.3) is 0 Å². The van der Waals surface area contributed by atoms with Crippen LogP contribution in [0.5, 0.6) is 0 Å². The third kappa shape index (κ3) is 11.4. The van der Waals surface area contributed by atoms with Crippen LogP contribution in [0.1, 0.15) is 20.8 Å². The van der Waals surface area contributed by atoms with E-state index in [1.54, 1.807) is 0 Å². The molecule has 6 fully saturated rings. The highest BCUT2D eigenvalue weighted by Gasteiger charge is 2.58. The number of nitrogens with one attached hydrogen (secondary N) is 1. The van der Waals surface area contributed by atoms with Crippen LogP contribution < -0.4 is 5.32 Å². The Morgan fingerprint density at radius 1 is 0.382 bits per heavy atom. The first kappa shape index (κ1) is 55.7. The number of carbonyl (C=O) groups is 1. The molecule has 0 aromatic heterocycles. The molecule has 6 saturated heterocycles. The van der Waals surface area contributed by atoms with E-state index in [1.165, 1.54) is 13.8 Å². The molecule has 6 heterocycles. The minimum atomic E-state index is -2.24. The topological polar surface area (TPSA) is 475 Å². The summed E-state index contributed by atoms with van der Waals surface area (Å²) in [5, 5.41) is 184. The van der Waals surface area contributed by atoms with Gasteiger partial charge in [-0.1, -0.05) is 0 Å². The molecule has 0 saturated carbocycles. The molecule has 68 heavy (non-hydrogen) atoms. The standard InChI is InChI=1S/C38H65NO29/c1-8-16(45)20(49)23(52)35(58-8)64-28-14(7-43)63-34(15(39-10(3)44)30(28)66-37-25(54)22(51)18(47)11(4-40)61-37)67-31-19(48)12(5-41)62-38(27(31)56)65-29-13(6-42)60-33(57)26(55)32(29)68-36-24(53)21(50)17(46)9(2)59-36/h8-9,11-38,40-43,45-57H,4-7H2,1-3H3,(H,39,44)/t8-,9-,11+,12+,13+,14+,15+,16+,17+,18-,19-,20+,21+,22-,23-,24-,25+,26+,27+,28+,29+,30+,31-,32+,33-,34-,35-,36-,37-,38-/m0/s1. The summed E-state index contributed by atoms with van der Waals surface area (Å²) in [5.74, 6) is -0.873. The zero-order chi connectivity index (χ0) is 50.2. The van der Waals surface area contributed by atoms with E-state index in [0.717, 1.165) is 6.92 Å². The van der Waals surface area contributed by atoms with Crippen LogP contribution in [-0.2, 0) is 56.9 Å². The highest BCUT2D eigenvalue weighted by molar-refractivity contribution is 5.73. The van der Waals surface area contributed by atoms with Crippen LogP contribution in [0.4, 0.5) is 0 Å². The van der Waals surface area contributed by atoms with Gasteiger partial charge in [-0.3, -0.25) is 4.79 Å². The van der Waals surface area contributed by atoms with Gasteiger partial charge in [-0.15, -0.1) is 0 Å². The lowest BCUT2D eigenvalue weighted by Gasteiger charge is -2.52. The molecule has 1 amide bonds. The SMILES string of the molecule is CC(=O)N[C@H]1[C@H](O[C@H]2[C@@H](O)[C@@H](CO)O[C@@H](O[C@H]3[C@H](O[C@@H]4O[C@@H](C)[C@@H](O)[C@@H](O)[C@@H]4O)[C@@H](O)[C@@H](O)O[C@@H]3CO)[C@@H]2O)O[C@H](CO)[C@@H](O[C@@H]2O[C@@H](C)[C@@H](O)[C@@H](O)[C@@H]2O)[C@@H]1O[C@@H]1O[C@H](CO)[C@H](O)[C@H](O)[C@H]1O. The molecule has 18 N–H and O–H groups in total. The monoisotopic (exact) mass is 999 g/mol. The highest BCUT2D eigenvalue weighted by Crippen LogP contribution is 2.38. The fourth-order valence-electron chi connectivity index (χ4n) is 8.79. The second kappa shape index (κ2) is 23.5. The minimum absolute atomic E-state index is 0.873. The van der Waals surface area contributed by atoms with E-state index < -0.39 is 217 Å². The number of rotatable bonds is 15. The van der Waals surface area contributed by atoms with Crippen LogP contribution >= 0.6 is 0 Å². The van der Waals surface area contributed by atoms with Crippen LogP contribution in [0.3, 0.4) is 0 Å². The van der Waals surface area contributed by atoms with Gasteiger partial charge in [0.2, 0.25) is 5.91 Å². The lowest BCUT2D eigenvalue weighted by molar-refractivity contribution is -0.397. The Bertz CT molecular complexity index is 1590.